The molecule has 14 heavy (non-hydrogen) atoms. The minimum absolute atomic E-state index is 0.114. The highest BCUT2D eigenvalue weighted by atomic mass is 16.5. The predicted molar refractivity (Wildman–Crippen MR) is 52.5 cm³/mol. The van der Waals surface area contributed by atoms with Crippen LogP contribution >= 0.6 is 0 Å². The molecule has 0 amide bonds. The van der Waals surface area contributed by atoms with Crippen LogP contribution in [0.3, 0.4) is 0 Å². The molecule has 1 aliphatic rings. The quantitative estimate of drug-likeness (QED) is 0.771. The molecule has 0 spiro atoms. The van der Waals surface area contributed by atoms with Gasteiger partial charge in [-0.1, -0.05) is 6.07 Å². The second-order valence-corrected chi connectivity index (χ2v) is 3.49. The summed E-state index contributed by atoms with van der Waals surface area (Å²) in [5.74, 6) is 0.777. The molecule has 0 saturated carbocycles. The van der Waals surface area contributed by atoms with Crippen molar-refractivity contribution in [3.63, 3.8) is 0 Å². The lowest BCUT2D eigenvalue weighted by molar-refractivity contribution is -0.000483. The molecule has 0 radical (unpaired) electrons. The Morgan fingerprint density at radius 1 is 1.36 bits per heavy atom. The lowest BCUT2D eigenvalue weighted by Gasteiger charge is -2.12. The van der Waals surface area contributed by atoms with Gasteiger partial charge >= 0.3 is 0 Å². The van der Waals surface area contributed by atoms with Crippen LogP contribution in [0.5, 0.6) is 5.75 Å². The molecule has 3 nitrogen and oxygen atoms in total. The monoisotopic (exact) mass is 194 g/mol. The van der Waals surface area contributed by atoms with Crippen molar-refractivity contribution in [2.45, 2.75) is 18.6 Å². The molecule has 2 atom stereocenters. The van der Waals surface area contributed by atoms with Crippen molar-refractivity contribution >= 4 is 0 Å². The number of aliphatic hydroxyl groups excluding tert-OH is 1. The van der Waals surface area contributed by atoms with Gasteiger partial charge in [-0.15, -0.1) is 0 Å². The van der Waals surface area contributed by atoms with E-state index in [2.05, 4.69) is 0 Å². The summed E-state index contributed by atoms with van der Waals surface area (Å²) in [7, 11) is 3.24. The maximum absolute atomic E-state index is 9.88. The second-order valence-electron chi connectivity index (χ2n) is 3.49. The van der Waals surface area contributed by atoms with Gasteiger partial charge in [0.15, 0.2) is 0 Å². The number of fused-ring (bicyclic) bond motifs is 1. The first-order chi connectivity index (χ1) is 6.76. The summed E-state index contributed by atoms with van der Waals surface area (Å²) in [4.78, 5) is 0. The average molecular weight is 194 g/mol. The number of hydrogen-bond donors (Lipinski definition) is 1. The average Bonchev–Trinajstić information content (AvgIpc) is 2.55. The topological polar surface area (TPSA) is 38.7 Å². The van der Waals surface area contributed by atoms with Gasteiger partial charge in [0.25, 0.3) is 0 Å². The first-order valence-corrected chi connectivity index (χ1v) is 4.64. The number of ether oxygens (including phenoxy) is 2. The smallest absolute Gasteiger partial charge is 0.119 e. The van der Waals surface area contributed by atoms with Gasteiger partial charge in [0.05, 0.1) is 13.2 Å². The third-order valence-electron chi connectivity index (χ3n) is 2.75. The molecule has 0 fully saturated rings. The summed E-state index contributed by atoms with van der Waals surface area (Å²) in [5.41, 5.74) is 2.07. The van der Waals surface area contributed by atoms with Crippen molar-refractivity contribution in [3.8, 4) is 5.75 Å². The Morgan fingerprint density at radius 2 is 2.14 bits per heavy atom. The molecule has 2 rings (SSSR count). The van der Waals surface area contributed by atoms with E-state index in [0.29, 0.717) is 0 Å². The molecule has 0 aromatic heterocycles. The first-order valence-electron chi connectivity index (χ1n) is 4.64. The van der Waals surface area contributed by atoms with E-state index < -0.39 is 6.10 Å². The predicted octanol–water partition coefficient (Wildman–Crippen LogP) is 1.30. The fraction of sp³-hybridized carbons (Fsp3) is 0.455. The maximum atomic E-state index is 9.88. The van der Waals surface area contributed by atoms with Crippen LogP contribution in [0.4, 0.5) is 0 Å². The van der Waals surface area contributed by atoms with Gasteiger partial charge in [0.1, 0.15) is 11.9 Å². The van der Waals surface area contributed by atoms with E-state index in [4.69, 9.17) is 9.47 Å². The van der Waals surface area contributed by atoms with Crippen LogP contribution in [0.2, 0.25) is 0 Å². The number of aliphatic hydroxyl groups is 1. The number of hydrogen-bond acceptors (Lipinski definition) is 3. The zero-order valence-electron chi connectivity index (χ0n) is 8.36. The van der Waals surface area contributed by atoms with Crippen LogP contribution in [0.25, 0.3) is 0 Å². The SMILES string of the molecule is COc1ccc2c(c1)C(O)C(OC)C2. The van der Waals surface area contributed by atoms with Gasteiger partial charge in [-0.3, -0.25) is 0 Å². The number of benzene rings is 1. The Bertz CT molecular complexity index is 335. The molecule has 2 unspecified atom stereocenters. The zero-order chi connectivity index (χ0) is 10.1. The highest BCUT2D eigenvalue weighted by Crippen LogP contribution is 2.35. The Kier molecular flexibility index (Phi) is 2.44. The van der Waals surface area contributed by atoms with E-state index in [0.717, 1.165) is 23.3 Å². The summed E-state index contributed by atoms with van der Waals surface area (Å²) < 4.78 is 10.3. The highest BCUT2D eigenvalue weighted by Gasteiger charge is 2.30. The molecule has 1 aliphatic carbocycles. The molecule has 0 bridgehead atoms. The molecular weight excluding hydrogens is 180 g/mol. The molecule has 1 aromatic carbocycles. The Labute approximate surface area is 83.3 Å². The van der Waals surface area contributed by atoms with Gasteiger partial charge in [-0.05, 0) is 23.3 Å². The molecule has 1 aromatic rings. The van der Waals surface area contributed by atoms with Gasteiger partial charge in [-0.2, -0.15) is 0 Å². The lowest BCUT2D eigenvalue weighted by atomic mass is 10.1. The van der Waals surface area contributed by atoms with Crippen LogP contribution < -0.4 is 4.74 Å². The van der Waals surface area contributed by atoms with Crippen LogP contribution in [0.15, 0.2) is 18.2 Å². The molecule has 0 heterocycles. The van der Waals surface area contributed by atoms with Crippen molar-refractivity contribution in [1.29, 1.82) is 0 Å². The van der Waals surface area contributed by atoms with Crippen molar-refractivity contribution in [2.75, 3.05) is 14.2 Å². The van der Waals surface area contributed by atoms with Crippen LogP contribution in [0, 0.1) is 0 Å². The minimum Gasteiger partial charge on any atom is -0.497 e. The Balaban J connectivity index is 2.35. The van der Waals surface area contributed by atoms with Crippen molar-refractivity contribution in [3.05, 3.63) is 29.3 Å². The maximum Gasteiger partial charge on any atom is 0.119 e. The first kappa shape index (κ1) is 9.49. The second kappa shape index (κ2) is 3.59. The van der Waals surface area contributed by atoms with Crippen LogP contribution in [0.1, 0.15) is 17.2 Å². The number of rotatable bonds is 2. The van der Waals surface area contributed by atoms with Crippen molar-refractivity contribution in [1.82, 2.24) is 0 Å². The molecule has 76 valence electrons. The van der Waals surface area contributed by atoms with Gasteiger partial charge in [0, 0.05) is 13.5 Å². The molecule has 3 heteroatoms. The third kappa shape index (κ3) is 1.38. The summed E-state index contributed by atoms with van der Waals surface area (Å²) >= 11 is 0. The van der Waals surface area contributed by atoms with E-state index >= 15 is 0 Å². The fourth-order valence-corrected chi connectivity index (χ4v) is 1.90. The van der Waals surface area contributed by atoms with Gasteiger partial charge in [-0.25, -0.2) is 0 Å². The van der Waals surface area contributed by atoms with Crippen molar-refractivity contribution in [2.24, 2.45) is 0 Å². The molecular formula is C11H14O3. The van der Waals surface area contributed by atoms with Gasteiger partial charge in [0.2, 0.25) is 0 Å². The fourth-order valence-electron chi connectivity index (χ4n) is 1.90. The molecule has 0 aliphatic heterocycles. The molecule has 0 saturated heterocycles. The van der Waals surface area contributed by atoms with Crippen molar-refractivity contribution < 1.29 is 14.6 Å². The summed E-state index contributed by atoms with van der Waals surface area (Å²) in [6, 6.07) is 5.76. The lowest BCUT2D eigenvalue weighted by Crippen LogP contribution is -2.15. The largest absolute Gasteiger partial charge is 0.497 e. The Hall–Kier alpha value is -1.06. The van der Waals surface area contributed by atoms with E-state index in [1.54, 1.807) is 14.2 Å². The van der Waals surface area contributed by atoms with E-state index in [9.17, 15) is 5.11 Å². The molecule has 1 N–H and O–H groups in total. The van der Waals surface area contributed by atoms with Crippen LogP contribution in [-0.2, 0) is 11.2 Å². The normalized spacial score (nSPS) is 24.8. The number of methoxy groups -OCH3 is 2. The Morgan fingerprint density at radius 3 is 2.79 bits per heavy atom. The zero-order valence-corrected chi connectivity index (χ0v) is 8.36. The van der Waals surface area contributed by atoms with Crippen LogP contribution in [-0.4, -0.2) is 25.4 Å². The van der Waals surface area contributed by atoms with E-state index in [1.807, 2.05) is 18.2 Å². The van der Waals surface area contributed by atoms with Gasteiger partial charge < -0.3 is 14.6 Å². The third-order valence-corrected chi connectivity index (χ3v) is 2.75. The standard InChI is InChI=1S/C11H14O3/c1-13-8-4-3-7-5-10(14-2)11(12)9(7)6-8/h3-4,6,10-12H,5H2,1-2H3. The van der Waals surface area contributed by atoms with E-state index in [-0.39, 0.29) is 6.10 Å². The summed E-state index contributed by atoms with van der Waals surface area (Å²) in [6.07, 6.45) is 0.138. The van der Waals surface area contributed by atoms with E-state index in [1.165, 1.54) is 0 Å². The summed E-state index contributed by atoms with van der Waals surface area (Å²) in [6.45, 7) is 0. The highest BCUT2D eigenvalue weighted by molar-refractivity contribution is 5.41. The minimum atomic E-state index is -0.523. The summed E-state index contributed by atoms with van der Waals surface area (Å²) in [5, 5.41) is 9.88.